The topological polar surface area (TPSA) is 104 Å². The largest absolute Gasteiger partial charge is 0.453 e. The van der Waals surface area contributed by atoms with Crippen molar-refractivity contribution in [2.24, 2.45) is 0 Å². The molecule has 18 heteroatoms. The van der Waals surface area contributed by atoms with Gasteiger partial charge in [-0.3, -0.25) is 13.7 Å². The molecule has 0 aromatic heterocycles. The minimum absolute atomic E-state index is 0.153. The molecule has 1 N–H and O–H groups in total. The maximum absolute atomic E-state index is 13.7. The number of sulfonamides is 1. The van der Waals surface area contributed by atoms with Crippen molar-refractivity contribution < 1.29 is 57.3 Å². The van der Waals surface area contributed by atoms with Gasteiger partial charge >= 0.3 is 24.3 Å². The number of hydrogen-bond acceptors (Lipinski definition) is 5. The lowest BCUT2D eigenvalue weighted by Crippen LogP contribution is -2.44. The van der Waals surface area contributed by atoms with E-state index in [2.05, 4.69) is 0 Å². The number of rotatable bonds is 17. The van der Waals surface area contributed by atoms with Gasteiger partial charge in [0.2, 0.25) is 10.0 Å². The number of carbonyl (C=O) groups excluding carboxylic acids is 2. The molecule has 3 amide bonds. The van der Waals surface area contributed by atoms with E-state index in [1.54, 1.807) is 4.72 Å². The lowest BCUT2D eigenvalue weighted by Gasteiger charge is -2.27. The summed E-state index contributed by atoms with van der Waals surface area (Å²) in [5, 5.41) is 0. The van der Waals surface area contributed by atoms with Gasteiger partial charge in [0.1, 0.15) is 5.54 Å². The van der Waals surface area contributed by atoms with Crippen LogP contribution in [0.25, 0.3) is 0 Å². The fourth-order valence-electron chi connectivity index (χ4n) is 4.75. The van der Waals surface area contributed by atoms with Crippen molar-refractivity contribution in [1.29, 1.82) is 0 Å². The number of halogens is 8. The van der Waals surface area contributed by atoms with Crippen LogP contribution in [-0.2, 0) is 31.8 Å². The third-order valence-corrected chi connectivity index (χ3v) is 9.30. The quantitative estimate of drug-likeness (QED) is 0.106. The van der Waals surface area contributed by atoms with Gasteiger partial charge in [0.15, 0.2) is 0 Å². The Morgan fingerprint density at radius 2 is 1.38 bits per heavy atom. The summed E-state index contributed by atoms with van der Waals surface area (Å²) < 4.78 is 140. The molecule has 1 fully saturated rings. The summed E-state index contributed by atoms with van der Waals surface area (Å²) in [6.07, 6.45) is -7.16. The summed E-state index contributed by atoms with van der Waals surface area (Å²) in [5.41, 5.74) is -3.81. The van der Waals surface area contributed by atoms with Crippen LogP contribution in [0.4, 0.5) is 51.3 Å². The number of hydrogen-bond donors (Lipinski definition) is 1. The van der Waals surface area contributed by atoms with Gasteiger partial charge < -0.3 is 4.90 Å². The predicted molar refractivity (Wildman–Crippen MR) is 154 cm³/mol. The summed E-state index contributed by atoms with van der Waals surface area (Å²) in [6.45, 7) is 3.10. The van der Waals surface area contributed by atoms with Crippen molar-refractivity contribution in [3.05, 3.63) is 23.8 Å². The van der Waals surface area contributed by atoms with Crippen LogP contribution >= 0.6 is 0 Å². The van der Waals surface area contributed by atoms with Gasteiger partial charge in [-0.1, -0.05) is 32.1 Å². The van der Waals surface area contributed by atoms with Gasteiger partial charge in [-0.15, -0.1) is 0 Å². The molecule has 1 aliphatic rings. The zero-order valence-electron chi connectivity index (χ0n) is 25.0. The Morgan fingerprint density at radius 3 is 1.91 bits per heavy atom. The van der Waals surface area contributed by atoms with E-state index in [1.165, 1.54) is 18.7 Å². The third-order valence-electron chi connectivity index (χ3n) is 7.22. The second-order valence-corrected chi connectivity index (χ2v) is 14.8. The fourth-order valence-corrected chi connectivity index (χ4v) is 6.52. The summed E-state index contributed by atoms with van der Waals surface area (Å²) in [6, 6.07) is 1.63. The Hall–Kier alpha value is -2.50. The Balaban J connectivity index is 1.81. The number of amides is 3. The number of anilines is 2. The number of urea groups is 1. The van der Waals surface area contributed by atoms with E-state index in [1.807, 2.05) is 0 Å². The Bertz CT molecular complexity index is 1330. The number of imide groups is 1. The number of nitrogens with one attached hydrogen (secondary N) is 1. The summed E-state index contributed by atoms with van der Waals surface area (Å²) in [4.78, 5) is 28.2. The minimum Gasteiger partial charge on any atom is -0.310 e. The molecule has 1 aromatic rings. The number of alkyl halides is 8. The first kappa shape index (κ1) is 38.7. The molecule has 1 unspecified atom stereocenters. The van der Waals surface area contributed by atoms with Crippen LogP contribution in [0.5, 0.6) is 0 Å². The summed E-state index contributed by atoms with van der Waals surface area (Å²) in [7, 11) is -5.53. The van der Waals surface area contributed by atoms with Crippen molar-refractivity contribution in [2.45, 2.75) is 95.4 Å². The average molecular weight is 700 g/mol. The molecule has 1 atom stereocenters. The van der Waals surface area contributed by atoms with E-state index in [0.29, 0.717) is 42.9 Å². The van der Waals surface area contributed by atoms with E-state index in [4.69, 9.17) is 0 Å². The first-order valence-corrected chi connectivity index (χ1v) is 17.5. The number of unbranched alkanes of at least 4 members (excludes halogenated alkanes) is 6. The number of nitrogens with zero attached hydrogens (tertiary/aromatic N) is 2. The molecule has 258 valence electrons. The second-order valence-electron chi connectivity index (χ2n) is 11.4. The highest BCUT2D eigenvalue weighted by atomic mass is 32.2. The minimum atomic E-state index is -5.62. The first-order valence-electron chi connectivity index (χ1n) is 14.1. The molecule has 45 heavy (non-hydrogen) atoms. The van der Waals surface area contributed by atoms with Crippen LogP contribution in [0.2, 0.25) is 0 Å². The maximum Gasteiger partial charge on any atom is 0.453 e. The molecule has 0 aliphatic carbocycles. The molecule has 0 spiro atoms. The Labute approximate surface area is 259 Å². The lowest BCUT2D eigenvalue weighted by atomic mass is 10.0. The molecule has 2 rings (SSSR count). The smallest absolute Gasteiger partial charge is 0.310 e. The lowest BCUT2D eigenvalue weighted by molar-refractivity contribution is -0.284. The Kier molecular flexibility index (Phi) is 12.8. The highest BCUT2D eigenvalue weighted by Gasteiger charge is 2.56. The molecule has 1 aliphatic heterocycles. The first-order chi connectivity index (χ1) is 20.5. The van der Waals surface area contributed by atoms with Gasteiger partial charge in [-0.25, -0.2) is 18.1 Å². The second kappa shape index (κ2) is 14.9. The van der Waals surface area contributed by atoms with Crippen molar-refractivity contribution in [3.8, 4) is 0 Å². The molecule has 1 aromatic carbocycles. The van der Waals surface area contributed by atoms with Crippen LogP contribution in [0.15, 0.2) is 18.2 Å². The van der Waals surface area contributed by atoms with Crippen LogP contribution < -0.4 is 9.62 Å². The maximum atomic E-state index is 13.7. The molecule has 0 saturated carbocycles. The van der Waals surface area contributed by atoms with Crippen molar-refractivity contribution in [2.75, 3.05) is 33.9 Å². The van der Waals surface area contributed by atoms with Gasteiger partial charge in [0.25, 0.3) is 5.91 Å². The van der Waals surface area contributed by atoms with Crippen LogP contribution in [0.3, 0.4) is 0 Å². The summed E-state index contributed by atoms with van der Waals surface area (Å²) in [5.74, 6) is -5.56. The van der Waals surface area contributed by atoms with Gasteiger partial charge in [0.05, 0.1) is 23.2 Å². The monoisotopic (exact) mass is 699 g/mol. The molecule has 0 radical (unpaired) electrons. The molecular weight excluding hydrogens is 662 g/mol. The van der Waals surface area contributed by atoms with Gasteiger partial charge in [0, 0.05) is 35.3 Å². The zero-order chi connectivity index (χ0) is 34.4. The predicted octanol–water partition coefficient (Wildman–Crippen LogP) is 7.08. The third kappa shape index (κ3) is 10.8. The fraction of sp³-hybridized carbons (Fsp3) is 0.704. The number of carbonyl (C=O) groups is 2. The zero-order valence-corrected chi connectivity index (χ0v) is 26.6. The molecule has 8 nitrogen and oxygen atoms in total. The van der Waals surface area contributed by atoms with E-state index in [9.17, 15) is 57.3 Å². The molecule has 0 bridgehead atoms. The number of benzene rings is 1. The highest BCUT2D eigenvalue weighted by molar-refractivity contribution is 7.92. The van der Waals surface area contributed by atoms with E-state index in [0.717, 1.165) is 31.4 Å². The highest BCUT2D eigenvalue weighted by Crippen LogP contribution is 2.41. The van der Waals surface area contributed by atoms with E-state index in [-0.39, 0.29) is 23.7 Å². The van der Waals surface area contributed by atoms with Crippen molar-refractivity contribution >= 4 is 44.1 Å². The average Bonchev–Trinajstić information content (AvgIpc) is 3.04. The summed E-state index contributed by atoms with van der Waals surface area (Å²) >= 11 is 0. The van der Waals surface area contributed by atoms with E-state index >= 15 is 0 Å². The van der Waals surface area contributed by atoms with Crippen LogP contribution in [0.1, 0.15) is 77.2 Å². The SMILES string of the molecule is CC1(C)C(=O)N(c2ccc(NS(C)(=O)=O)c(C(F)(F)F)c2)C(=O)N1CCCCCCCCCS(=O)CCCC(F)(F)C(F)(F)F. The Morgan fingerprint density at radius 1 is 0.844 bits per heavy atom. The molecular formula is C27H37F8N3O5S2. The van der Waals surface area contributed by atoms with Gasteiger partial charge in [-0.2, -0.15) is 35.1 Å². The standard InChI is InChI=1S/C27H37F8N3O5S2/c1-24(2)22(39)38(19-12-13-21(36-45(3,42)43)20(18-19)26(30,31)32)23(40)37(24)15-9-7-5-4-6-8-10-16-44(41)17-11-14-25(28,29)27(33,34)35/h12-13,18,36H,4-11,14-17H2,1-3H3. The molecule has 1 heterocycles. The van der Waals surface area contributed by atoms with Gasteiger partial charge in [-0.05, 0) is 51.3 Å². The van der Waals surface area contributed by atoms with Crippen molar-refractivity contribution in [1.82, 2.24) is 4.90 Å². The normalized spacial score (nSPS) is 16.9. The van der Waals surface area contributed by atoms with Crippen molar-refractivity contribution in [3.63, 3.8) is 0 Å². The molecule has 1 saturated heterocycles. The van der Waals surface area contributed by atoms with Crippen LogP contribution in [-0.4, -0.2) is 71.4 Å². The van der Waals surface area contributed by atoms with E-state index < -0.39 is 80.7 Å². The van der Waals surface area contributed by atoms with Crippen LogP contribution in [0, 0.1) is 0 Å².